The first-order valence-electron chi connectivity index (χ1n) is 9.06. The summed E-state index contributed by atoms with van der Waals surface area (Å²) in [6.07, 6.45) is 8.35. The summed E-state index contributed by atoms with van der Waals surface area (Å²) in [6.45, 7) is 3.30. The van der Waals surface area contributed by atoms with Crippen LogP contribution in [0, 0.1) is 0 Å². The number of methoxy groups -OCH3 is 1. The lowest BCUT2D eigenvalue weighted by atomic mass is 10.1. The topological polar surface area (TPSA) is 51.9 Å². The van der Waals surface area contributed by atoms with Gasteiger partial charge in [-0.3, -0.25) is 9.30 Å². The SMILES string of the molecule is COc1ccccc1CN(Cc1cn2cccnc2n1)C[C@H]1CCCO1. The van der Waals surface area contributed by atoms with Crippen LogP contribution in [0.1, 0.15) is 24.1 Å². The van der Waals surface area contributed by atoms with E-state index in [1.807, 2.05) is 35.0 Å². The quantitative estimate of drug-likeness (QED) is 0.654. The summed E-state index contributed by atoms with van der Waals surface area (Å²) in [7, 11) is 1.72. The Hall–Kier alpha value is -2.44. The zero-order chi connectivity index (χ0) is 17.8. The standard InChI is InChI=1S/C20H24N4O2/c1-25-19-8-3-2-6-16(19)12-23(15-18-7-4-11-26-18)13-17-14-24-10-5-9-21-20(24)22-17/h2-3,5-6,8-10,14,18H,4,7,11-13,15H2,1H3/t18-/m1/s1. The molecular formula is C20H24N4O2. The van der Waals surface area contributed by atoms with E-state index in [9.17, 15) is 0 Å². The Kier molecular flexibility index (Phi) is 5.13. The first kappa shape index (κ1) is 17.0. The fraction of sp³-hybridized carbons (Fsp3) is 0.400. The van der Waals surface area contributed by atoms with Crippen LogP contribution in [0.15, 0.2) is 48.9 Å². The van der Waals surface area contributed by atoms with E-state index in [2.05, 4.69) is 27.0 Å². The molecule has 0 unspecified atom stereocenters. The van der Waals surface area contributed by atoms with Crippen molar-refractivity contribution in [1.82, 2.24) is 19.3 Å². The molecule has 26 heavy (non-hydrogen) atoms. The second-order valence-corrected chi connectivity index (χ2v) is 6.68. The normalized spacial score (nSPS) is 17.2. The van der Waals surface area contributed by atoms with Crippen LogP contribution in [0.3, 0.4) is 0 Å². The van der Waals surface area contributed by atoms with E-state index in [1.54, 1.807) is 13.3 Å². The van der Waals surface area contributed by atoms with Crippen molar-refractivity contribution in [2.75, 3.05) is 20.3 Å². The summed E-state index contributed by atoms with van der Waals surface area (Å²) in [5.74, 6) is 1.65. The van der Waals surface area contributed by atoms with E-state index in [1.165, 1.54) is 5.56 Å². The van der Waals surface area contributed by atoms with Crippen LogP contribution in [-0.4, -0.2) is 45.6 Å². The van der Waals surface area contributed by atoms with Crippen LogP contribution < -0.4 is 4.74 Å². The maximum Gasteiger partial charge on any atom is 0.233 e. The zero-order valence-corrected chi connectivity index (χ0v) is 15.0. The molecule has 3 heterocycles. The Morgan fingerprint density at radius 2 is 2.19 bits per heavy atom. The number of aromatic nitrogens is 3. The molecule has 1 aliphatic heterocycles. The summed E-state index contributed by atoms with van der Waals surface area (Å²) in [5.41, 5.74) is 2.19. The maximum absolute atomic E-state index is 5.86. The number of imidazole rings is 1. The van der Waals surface area contributed by atoms with Gasteiger partial charge in [-0.05, 0) is 25.0 Å². The Balaban J connectivity index is 1.55. The van der Waals surface area contributed by atoms with Gasteiger partial charge in [0, 0.05) is 50.4 Å². The molecule has 0 amide bonds. The molecule has 3 aromatic rings. The van der Waals surface area contributed by atoms with Gasteiger partial charge in [0.2, 0.25) is 5.78 Å². The van der Waals surface area contributed by atoms with Crippen LogP contribution >= 0.6 is 0 Å². The highest BCUT2D eigenvalue weighted by Gasteiger charge is 2.21. The molecule has 0 bridgehead atoms. The molecular weight excluding hydrogens is 328 g/mol. The molecule has 136 valence electrons. The highest BCUT2D eigenvalue weighted by atomic mass is 16.5. The summed E-state index contributed by atoms with van der Waals surface area (Å²) in [5, 5.41) is 0. The van der Waals surface area contributed by atoms with E-state index >= 15 is 0 Å². The van der Waals surface area contributed by atoms with Crippen molar-refractivity contribution in [3.8, 4) is 5.75 Å². The van der Waals surface area contributed by atoms with Gasteiger partial charge in [-0.25, -0.2) is 9.97 Å². The number of rotatable bonds is 7. The lowest BCUT2D eigenvalue weighted by Gasteiger charge is -2.25. The van der Waals surface area contributed by atoms with Crippen molar-refractivity contribution in [3.05, 3.63) is 60.2 Å². The summed E-state index contributed by atoms with van der Waals surface area (Å²) >= 11 is 0. The first-order chi connectivity index (χ1) is 12.8. The van der Waals surface area contributed by atoms with Crippen molar-refractivity contribution >= 4 is 5.78 Å². The minimum absolute atomic E-state index is 0.292. The van der Waals surface area contributed by atoms with Gasteiger partial charge < -0.3 is 9.47 Å². The van der Waals surface area contributed by atoms with Gasteiger partial charge in [0.25, 0.3) is 0 Å². The highest BCUT2D eigenvalue weighted by Crippen LogP contribution is 2.22. The van der Waals surface area contributed by atoms with Gasteiger partial charge in [-0.1, -0.05) is 18.2 Å². The van der Waals surface area contributed by atoms with Gasteiger partial charge in [0.1, 0.15) is 5.75 Å². The minimum atomic E-state index is 0.292. The van der Waals surface area contributed by atoms with Crippen LogP contribution in [0.25, 0.3) is 5.78 Å². The molecule has 0 N–H and O–H groups in total. The molecule has 1 aliphatic rings. The third kappa shape index (κ3) is 3.86. The van der Waals surface area contributed by atoms with Gasteiger partial charge in [-0.15, -0.1) is 0 Å². The van der Waals surface area contributed by atoms with Crippen LogP contribution in [-0.2, 0) is 17.8 Å². The molecule has 6 nitrogen and oxygen atoms in total. The van der Waals surface area contributed by atoms with E-state index in [-0.39, 0.29) is 0 Å². The largest absolute Gasteiger partial charge is 0.496 e. The van der Waals surface area contributed by atoms with Crippen molar-refractivity contribution in [2.24, 2.45) is 0 Å². The molecule has 1 aromatic carbocycles. The number of para-hydroxylation sites is 1. The molecule has 0 spiro atoms. The third-order valence-electron chi connectivity index (χ3n) is 4.74. The second-order valence-electron chi connectivity index (χ2n) is 6.68. The minimum Gasteiger partial charge on any atom is -0.496 e. The molecule has 0 saturated carbocycles. The van der Waals surface area contributed by atoms with E-state index in [0.29, 0.717) is 6.10 Å². The van der Waals surface area contributed by atoms with E-state index in [4.69, 9.17) is 9.47 Å². The Morgan fingerprint density at radius 1 is 1.27 bits per heavy atom. The van der Waals surface area contributed by atoms with E-state index in [0.717, 1.165) is 56.3 Å². The molecule has 0 aliphatic carbocycles. The first-order valence-corrected chi connectivity index (χ1v) is 9.06. The van der Waals surface area contributed by atoms with Crippen molar-refractivity contribution in [2.45, 2.75) is 32.0 Å². The predicted octanol–water partition coefficient (Wildman–Crippen LogP) is 2.92. The highest BCUT2D eigenvalue weighted by molar-refractivity contribution is 5.33. The van der Waals surface area contributed by atoms with E-state index < -0.39 is 0 Å². The van der Waals surface area contributed by atoms with Gasteiger partial charge in [0.15, 0.2) is 0 Å². The fourth-order valence-corrected chi connectivity index (χ4v) is 3.52. The van der Waals surface area contributed by atoms with Crippen molar-refractivity contribution < 1.29 is 9.47 Å². The molecule has 2 aromatic heterocycles. The number of fused-ring (bicyclic) bond motifs is 1. The molecule has 0 radical (unpaired) electrons. The summed E-state index contributed by atoms with van der Waals surface area (Å²) in [6, 6.07) is 10.1. The zero-order valence-electron chi connectivity index (χ0n) is 15.0. The summed E-state index contributed by atoms with van der Waals surface area (Å²) < 4.78 is 13.4. The lowest BCUT2D eigenvalue weighted by Crippen LogP contribution is -2.31. The average molecular weight is 352 g/mol. The molecule has 1 saturated heterocycles. The average Bonchev–Trinajstić information content (AvgIpc) is 3.31. The van der Waals surface area contributed by atoms with Crippen molar-refractivity contribution in [1.29, 1.82) is 0 Å². The number of nitrogens with zero attached hydrogens (tertiary/aromatic N) is 4. The van der Waals surface area contributed by atoms with Crippen LogP contribution in [0.4, 0.5) is 0 Å². The lowest BCUT2D eigenvalue weighted by molar-refractivity contribution is 0.0672. The number of hydrogen-bond donors (Lipinski definition) is 0. The van der Waals surface area contributed by atoms with Gasteiger partial charge >= 0.3 is 0 Å². The van der Waals surface area contributed by atoms with Crippen LogP contribution in [0.2, 0.25) is 0 Å². The maximum atomic E-state index is 5.86. The molecule has 6 heteroatoms. The Bertz CT molecular complexity index is 825. The number of ether oxygens (including phenoxy) is 2. The molecule has 1 atom stereocenters. The predicted molar refractivity (Wildman–Crippen MR) is 99.1 cm³/mol. The smallest absolute Gasteiger partial charge is 0.233 e. The number of benzene rings is 1. The fourth-order valence-electron chi connectivity index (χ4n) is 3.52. The summed E-state index contributed by atoms with van der Waals surface area (Å²) in [4.78, 5) is 11.3. The molecule has 1 fully saturated rings. The van der Waals surface area contributed by atoms with Gasteiger partial charge in [0.05, 0.1) is 18.9 Å². The molecule has 4 rings (SSSR count). The van der Waals surface area contributed by atoms with Gasteiger partial charge in [-0.2, -0.15) is 0 Å². The second kappa shape index (κ2) is 7.85. The Morgan fingerprint density at radius 3 is 3.00 bits per heavy atom. The Labute approximate surface area is 153 Å². The monoisotopic (exact) mass is 352 g/mol. The van der Waals surface area contributed by atoms with Crippen molar-refractivity contribution in [3.63, 3.8) is 0 Å². The number of hydrogen-bond acceptors (Lipinski definition) is 5. The van der Waals surface area contributed by atoms with Crippen LogP contribution in [0.5, 0.6) is 5.75 Å². The third-order valence-corrected chi connectivity index (χ3v) is 4.74.